The molecule has 0 N–H and O–H groups in total. The Hall–Kier alpha value is -0.980. The van der Waals surface area contributed by atoms with E-state index in [1.807, 2.05) is 24.3 Å². The Balaban J connectivity index is 2.24. The number of halogens is 3. The van der Waals surface area contributed by atoms with Crippen molar-refractivity contribution in [3.8, 4) is 11.1 Å². The lowest BCUT2D eigenvalue weighted by atomic mass is 10.1. The van der Waals surface area contributed by atoms with Crippen LogP contribution in [-0.2, 0) is 6.54 Å². The van der Waals surface area contributed by atoms with Gasteiger partial charge in [-0.25, -0.2) is 8.78 Å². The molecule has 0 amide bonds. The SMILES string of the molecule is FC(F)Cn1cc(-c2cccc(I)c2)cn1. The smallest absolute Gasteiger partial charge is 0.257 e. The minimum absolute atomic E-state index is 0.357. The molecule has 1 heterocycles. The number of rotatable bonds is 3. The van der Waals surface area contributed by atoms with Crippen LogP contribution in [-0.4, -0.2) is 16.2 Å². The molecule has 84 valence electrons. The van der Waals surface area contributed by atoms with Gasteiger partial charge in [0, 0.05) is 15.3 Å². The van der Waals surface area contributed by atoms with Crippen LogP contribution in [0.2, 0.25) is 0 Å². The summed E-state index contributed by atoms with van der Waals surface area (Å²) in [5.74, 6) is 0. The first-order chi connectivity index (χ1) is 7.65. The average Bonchev–Trinajstić information content (AvgIpc) is 2.65. The maximum atomic E-state index is 12.1. The monoisotopic (exact) mass is 334 g/mol. The zero-order valence-corrected chi connectivity index (χ0v) is 10.4. The van der Waals surface area contributed by atoms with Crippen molar-refractivity contribution in [3.05, 3.63) is 40.2 Å². The molecular formula is C11H9F2IN2. The minimum atomic E-state index is -2.37. The van der Waals surface area contributed by atoms with Gasteiger partial charge in [-0.05, 0) is 40.3 Å². The highest BCUT2D eigenvalue weighted by Gasteiger charge is 2.06. The molecule has 0 spiro atoms. The number of hydrogen-bond donors (Lipinski definition) is 0. The van der Waals surface area contributed by atoms with Gasteiger partial charge >= 0.3 is 0 Å². The molecule has 0 saturated heterocycles. The van der Waals surface area contributed by atoms with Gasteiger partial charge in [-0.3, -0.25) is 4.68 Å². The van der Waals surface area contributed by atoms with Gasteiger partial charge in [0.2, 0.25) is 0 Å². The molecule has 0 aliphatic carbocycles. The van der Waals surface area contributed by atoms with E-state index in [2.05, 4.69) is 27.7 Å². The Kier molecular flexibility index (Phi) is 3.52. The third kappa shape index (κ3) is 2.78. The van der Waals surface area contributed by atoms with Crippen LogP contribution in [0.5, 0.6) is 0 Å². The molecule has 0 fully saturated rings. The van der Waals surface area contributed by atoms with E-state index in [0.717, 1.165) is 14.7 Å². The molecule has 0 atom stereocenters. The molecule has 0 aliphatic rings. The summed E-state index contributed by atoms with van der Waals surface area (Å²) >= 11 is 2.21. The van der Waals surface area contributed by atoms with E-state index in [1.54, 1.807) is 12.4 Å². The molecule has 0 aliphatic heterocycles. The van der Waals surface area contributed by atoms with E-state index >= 15 is 0 Å². The molecule has 16 heavy (non-hydrogen) atoms. The maximum Gasteiger partial charge on any atom is 0.257 e. The summed E-state index contributed by atoms with van der Waals surface area (Å²) in [6.07, 6.45) is 0.870. The molecule has 5 heteroatoms. The van der Waals surface area contributed by atoms with Crippen LogP contribution in [0.25, 0.3) is 11.1 Å². The first kappa shape index (κ1) is 11.5. The van der Waals surface area contributed by atoms with Crippen molar-refractivity contribution in [3.63, 3.8) is 0 Å². The van der Waals surface area contributed by atoms with E-state index in [1.165, 1.54) is 4.68 Å². The van der Waals surface area contributed by atoms with Crippen molar-refractivity contribution >= 4 is 22.6 Å². The molecule has 2 nitrogen and oxygen atoms in total. The van der Waals surface area contributed by atoms with Crippen LogP contribution in [0.3, 0.4) is 0 Å². The standard InChI is InChI=1S/C11H9F2IN2/c12-11(13)7-16-6-9(5-15-16)8-2-1-3-10(14)4-8/h1-6,11H,7H2. The van der Waals surface area contributed by atoms with E-state index in [9.17, 15) is 8.78 Å². The van der Waals surface area contributed by atoms with Crippen LogP contribution >= 0.6 is 22.6 Å². The number of benzene rings is 1. The van der Waals surface area contributed by atoms with Crippen molar-refractivity contribution in [2.24, 2.45) is 0 Å². The van der Waals surface area contributed by atoms with Crippen molar-refractivity contribution in [1.29, 1.82) is 0 Å². The quantitative estimate of drug-likeness (QED) is 0.787. The van der Waals surface area contributed by atoms with Crippen LogP contribution in [0.15, 0.2) is 36.7 Å². The summed E-state index contributed by atoms with van der Waals surface area (Å²) in [5.41, 5.74) is 1.85. The van der Waals surface area contributed by atoms with Gasteiger partial charge in [0.25, 0.3) is 6.43 Å². The first-order valence-electron chi connectivity index (χ1n) is 4.72. The number of aromatic nitrogens is 2. The molecule has 1 aromatic carbocycles. The molecule has 1 aromatic heterocycles. The van der Waals surface area contributed by atoms with Crippen LogP contribution < -0.4 is 0 Å². The third-order valence-corrected chi connectivity index (χ3v) is 2.79. The second-order valence-corrected chi connectivity index (χ2v) is 4.60. The first-order valence-corrected chi connectivity index (χ1v) is 5.79. The van der Waals surface area contributed by atoms with Gasteiger partial charge in [-0.1, -0.05) is 12.1 Å². The van der Waals surface area contributed by atoms with Crippen molar-refractivity contribution in [2.45, 2.75) is 13.0 Å². The number of hydrogen-bond acceptors (Lipinski definition) is 1. The van der Waals surface area contributed by atoms with Gasteiger partial charge in [0.1, 0.15) is 6.54 Å². The van der Waals surface area contributed by atoms with E-state index < -0.39 is 6.43 Å². The molecule has 0 radical (unpaired) electrons. The Morgan fingerprint density at radius 1 is 1.31 bits per heavy atom. The highest BCUT2D eigenvalue weighted by molar-refractivity contribution is 14.1. The largest absolute Gasteiger partial charge is 0.266 e. The summed E-state index contributed by atoms with van der Waals surface area (Å²) in [5, 5.41) is 3.90. The van der Waals surface area contributed by atoms with Gasteiger partial charge in [-0.15, -0.1) is 0 Å². The Morgan fingerprint density at radius 3 is 2.81 bits per heavy atom. The molecule has 0 bridgehead atoms. The summed E-state index contributed by atoms with van der Waals surface area (Å²) in [7, 11) is 0. The van der Waals surface area contributed by atoms with Crippen molar-refractivity contribution < 1.29 is 8.78 Å². The zero-order valence-electron chi connectivity index (χ0n) is 8.28. The van der Waals surface area contributed by atoms with Crippen molar-refractivity contribution in [1.82, 2.24) is 9.78 Å². The van der Waals surface area contributed by atoms with Crippen molar-refractivity contribution in [2.75, 3.05) is 0 Å². The molecular weight excluding hydrogens is 325 g/mol. The topological polar surface area (TPSA) is 17.8 Å². The van der Waals surface area contributed by atoms with E-state index in [-0.39, 0.29) is 6.54 Å². The van der Waals surface area contributed by atoms with Gasteiger partial charge in [0.15, 0.2) is 0 Å². The lowest BCUT2D eigenvalue weighted by Crippen LogP contribution is -2.06. The predicted molar refractivity (Wildman–Crippen MR) is 66.4 cm³/mol. The lowest BCUT2D eigenvalue weighted by molar-refractivity contribution is 0.122. The fourth-order valence-corrected chi connectivity index (χ4v) is 1.97. The molecule has 0 unspecified atom stereocenters. The fraction of sp³-hybridized carbons (Fsp3) is 0.182. The molecule has 2 rings (SSSR count). The summed E-state index contributed by atoms with van der Waals surface area (Å²) in [4.78, 5) is 0. The van der Waals surface area contributed by atoms with E-state index in [4.69, 9.17) is 0 Å². The van der Waals surface area contributed by atoms with Crippen LogP contribution in [0.1, 0.15) is 0 Å². The second kappa shape index (κ2) is 4.90. The van der Waals surface area contributed by atoms with E-state index in [0.29, 0.717) is 0 Å². The van der Waals surface area contributed by atoms with Gasteiger partial charge < -0.3 is 0 Å². The zero-order chi connectivity index (χ0) is 11.5. The highest BCUT2D eigenvalue weighted by Crippen LogP contribution is 2.20. The summed E-state index contributed by atoms with van der Waals surface area (Å²) in [6.45, 7) is -0.357. The second-order valence-electron chi connectivity index (χ2n) is 3.35. The van der Waals surface area contributed by atoms with Crippen LogP contribution in [0.4, 0.5) is 8.78 Å². The van der Waals surface area contributed by atoms with Crippen LogP contribution in [0, 0.1) is 3.57 Å². The Morgan fingerprint density at radius 2 is 2.12 bits per heavy atom. The normalized spacial score (nSPS) is 11.0. The number of alkyl halides is 2. The third-order valence-electron chi connectivity index (χ3n) is 2.12. The van der Waals surface area contributed by atoms with Gasteiger partial charge in [0.05, 0.1) is 6.20 Å². The van der Waals surface area contributed by atoms with Gasteiger partial charge in [-0.2, -0.15) is 5.10 Å². The highest BCUT2D eigenvalue weighted by atomic mass is 127. The predicted octanol–water partition coefficient (Wildman–Crippen LogP) is 3.42. The Bertz CT molecular complexity index is 482. The lowest BCUT2D eigenvalue weighted by Gasteiger charge is -1.99. The average molecular weight is 334 g/mol. The minimum Gasteiger partial charge on any atom is -0.266 e. The molecule has 0 saturated carbocycles. The Labute approximate surface area is 105 Å². The molecule has 2 aromatic rings. The summed E-state index contributed by atoms with van der Waals surface area (Å²) < 4.78 is 26.6. The maximum absolute atomic E-state index is 12.1. The summed E-state index contributed by atoms with van der Waals surface area (Å²) in [6, 6.07) is 7.84. The number of nitrogens with zero attached hydrogens (tertiary/aromatic N) is 2. The fourth-order valence-electron chi connectivity index (χ4n) is 1.42.